The van der Waals surface area contributed by atoms with Crippen molar-refractivity contribution in [2.45, 2.75) is 13.0 Å². The van der Waals surface area contributed by atoms with E-state index in [-0.39, 0.29) is 34.8 Å². The summed E-state index contributed by atoms with van der Waals surface area (Å²) < 4.78 is 20.0. The highest BCUT2D eigenvalue weighted by Gasteiger charge is 2.32. The van der Waals surface area contributed by atoms with Crippen LogP contribution in [-0.2, 0) is 9.59 Å². The van der Waals surface area contributed by atoms with E-state index in [9.17, 15) is 14.0 Å². The Morgan fingerprint density at radius 2 is 1.81 bits per heavy atom. The van der Waals surface area contributed by atoms with Gasteiger partial charge in [0, 0.05) is 5.56 Å². The Labute approximate surface area is 190 Å². The van der Waals surface area contributed by atoms with Crippen LogP contribution < -0.4 is 15.0 Å². The number of hydrogen-bond donors (Lipinski definition) is 1. The van der Waals surface area contributed by atoms with Gasteiger partial charge in [-0.05, 0) is 42.8 Å². The molecule has 0 aliphatic carbocycles. The van der Waals surface area contributed by atoms with Gasteiger partial charge in [-0.3, -0.25) is 14.5 Å². The Morgan fingerprint density at radius 3 is 2.56 bits per heavy atom. The molecule has 1 N–H and O–H groups in total. The van der Waals surface area contributed by atoms with Crippen molar-refractivity contribution in [2.75, 3.05) is 11.4 Å². The van der Waals surface area contributed by atoms with Crippen molar-refractivity contribution >= 4 is 35.2 Å². The SMILES string of the molecule is C[C@@H](NC(=O)CN1C(=O)/C(=C/c2c(F)cccc2Cl)Oc2ccccc21)c1ccccc1. The Bertz CT molecular complexity index is 1180. The summed E-state index contributed by atoms with van der Waals surface area (Å²) in [5.41, 5.74) is 1.44. The fourth-order valence-corrected chi connectivity index (χ4v) is 3.67. The van der Waals surface area contributed by atoms with E-state index in [1.807, 2.05) is 37.3 Å². The lowest BCUT2D eigenvalue weighted by Crippen LogP contribution is -2.44. The monoisotopic (exact) mass is 450 g/mol. The van der Waals surface area contributed by atoms with Crippen LogP contribution in [0.15, 0.2) is 78.6 Å². The van der Waals surface area contributed by atoms with Crippen molar-refractivity contribution in [3.63, 3.8) is 0 Å². The molecule has 3 aromatic rings. The molecule has 1 aliphatic rings. The summed E-state index contributed by atoms with van der Waals surface area (Å²) in [6.07, 6.45) is 1.26. The Morgan fingerprint density at radius 1 is 1.09 bits per heavy atom. The Balaban J connectivity index is 1.61. The summed E-state index contributed by atoms with van der Waals surface area (Å²) in [5, 5.41) is 3.05. The number of nitrogens with one attached hydrogen (secondary N) is 1. The molecule has 0 saturated carbocycles. The van der Waals surface area contributed by atoms with Gasteiger partial charge < -0.3 is 10.1 Å². The number of para-hydroxylation sites is 2. The molecule has 1 aliphatic heterocycles. The van der Waals surface area contributed by atoms with E-state index in [1.54, 1.807) is 24.3 Å². The first-order valence-corrected chi connectivity index (χ1v) is 10.4. The average molecular weight is 451 g/mol. The smallest absolute Gasteiger partial charge is 0.294 e. The van der Waals surface area contributed by atoms with E-state index in [2.05, 4.69) is 5.32 Å². The van der Waals surface area contributed by atoms with E-state index >= 15 is 0 Å². The number of hydrogen-bond acceptors (Lipinski definition) is 3. The van der Waals surface area contributed by atoms with Crippen molar-refractivity contribution in [3.05, 3.63) is 101 Å². The summed E-state index contributed by atoms with van der Waals surface area (Å²) in [6.45, 7) is 1.65. The molecule has 0 bridgehead atoms. The maximum Gasteiger partial charge on any atom is 0.294 e. The van der Waals surface area contributed by atoms with Gasteiger partial charge in [-0.1, -0.05) is 60.1 Å². The molecule has 32 heavy (non-hydrogen) atoms. The van der Waals surface area contributed by atoms with Crippen molar-refractivity contribution in [3.8, 4) is 5.75 Å². The lowest BCUT2D eigenvalue weighted by Gasteiger charge is -2.30. The lowest BCUT2D eigenvalue weighted by molar-refractivity contribution is -0.123. The fourth-order valence-electron chi connectivity index (χ4n) is 3.45. The molecule has 162 valence electrons. The third kappa shape index (κ3) is 4.50. The van der Waals surface area contributed by atoms with Gasteiger partial charge in [0.2, 0.25) is 5.91 Å². The second-order valence-corrected chi connectivity index (χ2v) is 7.71. The van der Waals surface area contributed by atoms with Crippen molar-refractivity contribution in [1.29, 1.82) is 0 Å². The lowest BCUT2D eigenvalue weighted by atomic mass is 10.1. The van der Waals surface area contributed by atoms with Crippen LogP contribution >= 0.6 is 11.6 Å². The van der Waals surface area contributed by atoms with E-state index < -0.39 is 11.7 Å². The van der Waals surface area contributed by atoms with Gasteiger partial charge in [-0.2, -0.15) is 0 Å². The van der Waals surface area contributed by atoms with Crippen molar-refractivity contribution in [1.82, 2.24) is 5.32 Å². The van der Waals surface area contributed by atoms with Crippen molar-refractivity contribution < 1.29 is 18.7 Å². The largest absolute Gasteiger partial charge is 0.449 e. The van der Waals surface area contributed by atoms with Gasteiger partial charge in [0.05, 0.1) is 16.8 Å². The van der Waals surface area contributed by atoms with Gasteiger partial charge in [0.15, 0.2) is 11.5 Å². The molecule has 0 spiro atoms. The molecule has 5 nitrogen and oxygen atoms in total. The predicted octanol–water partition coefficient (Wildman–Crippen LogP) is 5.12. The van der Waals surface area contributed by atoms with Crippen molar-refractivity contribution in [2.24, 2.45) is 0 Å². The number of benzene rings is 3. The normalized spacial score (nSPS) is 15.2. The summed E-state index contributed by atoms with van der Waals surface area (Å²) in [4.78, 5) is 27.3. The van der Waals surface area contributed by atoms with E-state index in [0.29, 0.717) is 11.4 Å². The molecular formula is C25H20ClFN2O3. The number of carbonyl (C=O) groups excluding carboxylic acids is 2. The molecule has 1 heterocycles. The maximum absolute atomic E-state index is 14.3. The third-order valence-corrected chi connectivity index (χ3v) is 5.42. The molecule has 0 saturated heterocycles. The average Bonchev–Trinajstić information content (AvgIpc) is 2.79. The zero-order valence-electron chi connectivity index (χ0n) is 17.2. The summed E-state index contributed by atoms with van der Waals surface area (Å²) in [7, 11) is 0. The highest BCUT2D eigenvalue weighted by atomic mass is 35.5. The van der Waals surface area contributed by atoms with Crippen LogP contribution in [0.25, 0.3) is 6.08 Å². The topological polar surface area (TPSA) is 58.6 Å². The number of rotatable bonds is 5. The van der Waals surface area contributed by atoms with E-state index in [0.717, 1.165) is 5.56 Å². The highest BCUT2D eigenvalue weighted by molar-refractivity contribution is 6.32. The van der Waals surface area contributed by atoms with Crippen LogP contribution in [0, 0.1) is 5.82 Å². The van der Waals surface area contributed by atoms with Crippen LogP contribution in [0.3, 0.4) is 0 Å². The number of anilines is 1. The molecule has 3 aromatic carbocycles. The minimum absolute atomic E-state index is 0.0407. The highest BCUT2D eigenvalue weighted by Crippen LogP contribution is 2.36. The second kappa shape index (κ2) is 9.24. The first kappa shape index (κ1) is 21.6. The quantitative estimate of drug-likeness (QED) is 0.549. The van der Waals surface area contributed by atoms with Crippen LogP contribution in [0.4, 0.5) is 10.1 Å². The van der Waals surface area contributed by atoms with Crippen LogP contribution in [-0.4, -0.2) is 18.4 Å². The van der Waals surface area contributed by atoms with Gasteiger partial charge in [0.1, 0.15) is 12.4 Å². The zero-order valence-corrected chi connectivity index (χ0v) is 18.0. The first-order chi connectivity index (χ1) is 15.4. The minimum Gasteiger partial charge on any atom is -0.449 e. The number of halogens is 2. The molecule has 2 amide bonds. The van der Waals surface area contributed by atoms with Gasteiger partial charge in [-0.25, -0.2) is 4.39 Å². The van der Waals surface area contributed by atoms with E-state index in [4.69, 9.17) is 16.3 Å². The standard InChI is InChI=1S/C25H20ClFN2O3/c1-16(17-8-3-2-4-9-17)28-24(30)15-29-21-12-5-6-13-22(21)32-23(25(29)31)14-18-19(26)10-7-11-20(18)27/h2-14,16H,15H2,1H3,(H,28,30)/b23-14-/t16-/m1/s1. The van der Waals surface area contributed by atoms with Gasteiger partial charge >= 0.3 is 0 Å². The molecule has 1 atom stereocenters. The molecule has 7 heteroatoms. The van der Waals surface area contributed by atoms with Gasteiger partial charge in [-0.15, -0.1) is 0 Å². The molecule has 0 radical (unpaired) electrons. The Kier molecular flexibility index (Phi) is 6.23. The number of fused-ring (bicyclic) bond motifs is 1. The van der Waals surface area contributed by atoms with E-state index in [1.165, 1.54) is 29.2 Å². The van der Waals surface area contributed by atoms with Gasteiger partial charge in [0.25, 0.3) is 5.91 Å². The number of carbonyl (C=O) groups is 2. The molecule has 4 rings (SSSR count). The maximum atomic E-state index is 14.3. The third-order valence-electron chi connectivity index (χ3n) is 5.09. The summed E-state index contributed by atoms with van der Waals surface area (Å²) in [6, 6.07) is 20.4. The number of nitrogens with zero attached hydrogens (tertiary/aromatic N) is 1. The van der Waals surface area contributed by atoms with Crippen LogP contribution in [0.2, 0.25) is 5.02 Å². The summed E-state index contributed by atoms with van der Waals surface area (Å²) >= 11 is 6.10. The first-order valence-electron chi connectivity index (χ1n) is 10.0. The minimum atomic E-state index is -0.582. The summed E-state index contributed by atoms with van der Waals surface area (Å²) in [5.74, 6) is -1.23. The molecule has 0 unspecified atom stereocenters. The number of ether oxygens (including phenoxy) is 1. The molecule has 0 fully saturated rings. The zero-order chi connectivity index (χ0) is 22.7. The van der Waals surface area contributed by atoms with Crippen LogP contribution in [0.5, 0.6) is 5.75 Å². The fraction of sp³-hybridized carbons (Fsp3) is 0.120. The number of amides is 2. The molecule has 0 aromatic heterocycles. The molecular weight excluding hydrogens is 431 g/mol. The predicted molar refractivity (Wildman–Crippen MR) is 122 cm³/mol. The van der Waals surface area contributed by atoms with Crippen LogP contribution in [0.1, 0.15) is 24.1 Å². The second-order valence-electron chi connectivity index (χ2n) is 7.30. The Hall–Kier alpha value is -3.64.